The number of likely N-dealkylation sites (N-methyl/N-ethyl adjacent to an activating group) is 1. The number of rotatable bonds is 11. The van der Waals surface area contributed by atoms with Crippen molar-refractivity contribution in [3.05, 3.63) is 48.0 Å². The predicted octanol–water partition coefficient (Wildman–Crippen LogP) is 3.97. The number of methoxy groups -OCH3 is 2. The average Bonchev–Trinajstić information content (AvgIpc) is 2.76. The normalized spacial score (nSPS) is 11.0. The van der Waals surface area contributed by atoms with Gasteiger partial charge < -0.3 is 30.2 Å². The maximum atomic E-state index is 6.02. The summed E-state index contributed by atoms with van der Waals surface area (Å²) in [5, 5.41) is 3.06. The van der Waals surface area contributed by atoms with Crippen molar-refractivity contribution >= 4 is 35.6 Å². The average molecular weight is 528 g/mol. The number of guanidine groups is 1. The Kier molecular flexibility index (Phi) is 12.0. The summed E-state index contributed by atoms with van der Waals surface area (Å²) in [7, 11) is 3.25. The fourth-order valence-corrected chi connectivity index (χ4v) is 2.86. The lowest BCUT2D eigenvalue weighted by molar-refractivity contribution is 0.217. The van der Waals surface area contributed by atoms with E-state index in [1.807, 2.05) is 42.5 Å². The van der Waals surface area contributed by atoms with Gasteiger partial charge in [-0.05, 0) is 42.9 Å². The van der Waals surface area contributed by atoms with Gasteiger partial charge in [0.1, 0.15) is 12.4 Å². The Labute approximate surface area is 196 Å². The first-order chi connectivity index (χ1) is 14.1. The Morgan fingerprint density at radius 1 is 1.00 bits per heavy atom. The van der Waals surface area contributed by atoms with E-state index in [9.17, 15) is 0 Å². The Balaban J connectivity index is 0.00000450. The highest BCUT2D eigenvalue weighted by atomic mass is 127. The first kappa shape index (κ1) is 25.8. The van der Waals surface area contributed by atoms with Gasteiger partial charge in [0.15, 0.2) is 17.5 Å². The first-order valence-corrected chi connectivity index (χ1v) is 9.83. The molecule has 0 aliphatic heterocycles. The fraction of sp³-hybridized carbons (Fsp3) is 0.409. The summed E-state index contributed by atoms with van der Waals surface area (Å²) in [4.78, 5) is 6.71. The molecule has 0 radical (unpaired) electrons. The first-order valence-electron chi connectivity index (χ1n) is 9.83. The Morgan fingerprint density at radius 2 is 1.70 bits per heavy atom. The van der Waals surface area contributed by atoms with Crippen molar-refractivity contribution in [2.75, 3.05) is 45.8 Å². The zero-order valence-corrected chi connectivity index (χ0v) is 20.5. The topological polar surface area (TPSA) is 81.3 Å². The lowest BCUT2D eigenvalue weighted by atomic mass is 10.2. The van der Waals surface area contributed by atoms with Crippen LogP contribution in [0.15, 0.2) is 47.5 Å². The van der Waals surface area contributed by atoms with Crippen molar-refractivity contribution in [2.24, 2.45) is 10.7 Å². The third kappa shape index (κ3) is 7.91. The van der Waals surface area contributed by atoms with Crippen LogP contribution in [0, 0.1) is 0 Å². The molecule has 3 N–H and O–H groups in total. The number of nitrogens with zero attached hydrogens (tertiary/aromatic N) is 2. The lowest BCUT2D eigenvalue weighted by Crippen LogP contribution is -2.27. The molecule has 30 heavy (non-hydrogen) atoms. The highest BCUT2D eigenvalue weighted by Crippen LogP contribution is 2.28. The van der Waals surface area contributed by atoms with Gasteiger partial charge in [-0.3, -0.25) is 0 Å². The summed E-state index contributed by atoms with van der Waals surface area (Å²) >= 11 is 0. The predicted molar refractivity (Wildman–Crippen MR) is 134 cm³/mol. The number of halogens is 1. The second kappa shape index (κ2) is 13.9. The SMILES string of the molecule is CCN(CC)CCOc1ccc(CN=C(N)Nc2ccccc2OC)cc1OC.I. The van der Waals surface area contributed by atoms with Gasteiger partial charge >= 0.3 is 0 Å². The van der Waals surface area contributed by atoms with Crippen molar-refractivity contribution < 1.29 is 14.2 Å². The zero-order valence-electron chi connectivity index (χ0n) is 18.2. The number of anilines is 1. The van der Waals surface area contributed by atoms with Crippen LogP contribution in [0.4, 0.5) is 5.69 Å². The largest absolute Gasteiger partial charge is 0.495 e. The number of hydrogen-bond acceptors (Lipinski definition) is 5. The molecule has 2 aromatic rings. The van der Waals surface area contributed by atoms with Crippen LogP contribution in [0.3, 0.4) is 0 Å². The van der Waals surface area contributed by atoms with Crippen LogP contribution in [-0.2, 0) is 6.54 Å². The number of nitrogens with two attached hydrogens (primary N) is 1. The summed E-state index contributed by atoms with van der Waals surface area (Å²) in [6, 6.07) is 13.3. The van der Waals surface area contributed by atoms with Gasteiger partial charge in [-0.15, -0.1) is 24.0 Å². The molecule has 0 unspecified atom stereocenters. The molecule has 0 bridgehead atoms. The fourth-order valence-electron chi connectivity index (χ4n) is 2.86. The molecule has 7 nitrogen and oxygen atoms in total. The molecule has 0 saturated heterocycles. The van der Waals surface area contributed by atoms with E-state index < -0.39 is 0 Å². The summed E-state index contributed by atoms with van der Waals surface area (Å²) in [5.74, 6) is 2.44. The van der Waals surface area contributed by atoms with Crippen LogP contribution in [0.2, 0.25) is 0 Å². The smallest absolute Gasteiger partial charge is 0.193 e. The monoisotopic (exact) mass is 528 g/mol. The maximum Gasteiger partial charge on any atom is 0.193 e. The van der Waals surface area contributed by atoms with E-state index in [0.717, 1.165) is 36.6 Å². The highest BCUT2D eigenvalue weighted by molar-refractivity contribution is 14.0. The summed E-state index contributed by atoms with van der Waals surface area (Å²) in [6.07, 6.45) is 0. The Bertz CT molecular complexity index is 798. The summed E-state index contributed by atoms with van der Waals surface area (Å²) < 4.78 is 16.7. The molecule has 2 aromatic carbocycles. The third-order valence-corrected chi connectivity index (χ3v) is 4.59. The molecule has 0 aromatic heterocycles. The molecule has 0 saturated carbocycles. The van der Waals surface area contributed by atoms with Crippen LogP contribution in [0.5, 0.6) is 17.2 Å². The van der Waals surface area contributed by atoms with E-state index in [1.165, 1.54) is 0 Å². The molecule has 166 valence electrons. The van der Waals surface area contributed by atoms with Gasteiger partial charge in [0.25, 0.3) is 0 Å². The van der Waals surface area contributed by atoms with E-state index in [1.54, 1.807) is 14.2 Å². The third-order valence-electron chi connectivity index (χ3n) is 4.59. The van der Waals surface area contributed by atoms with Crippen molar-refractivity contribution in [1.29, 1.82) is 0 Å². The molecular weight excluding hydrogens is 495 g/mol. The molecule has 0 heterocycles. The van der Waals surface area contributed by atoms with Crippen LogP contribution in [0.1, 0.15) is 19.4 Å². The van der Waals surface area contributed by atoms with Gasteiger partial charge in [0.2, 0.25) is 0 Å². The maximum absolute atomic E-state index is 6.02. The van der Waals surface area contributed by atoms with Crippen LogP contribution in [0.25, 0.3) is 0 Å². The van der Waals surface area contributed by atoms with Crippen molar-refractivity contribution in [1.82, 2.24) is 4.90 Å². The van der Waals surface area contributed by atoms with Crippen LogP contribution < -0.4 is 25.3 Å². The molecule has 0 atom stereocenters. The molecule has 0 spiro atoms. The Morgan fingerprint density at radius 3 is 2.37 bits per heavy atom. The van der Waals surface area contributed by atoms with Gasteiger partial charge in [0, 0.05) is 6.54 Å². The Hall–Kier alpha value is -2.20. The number of para-hydroxylation sites is 2. The van der Waals surface area contributed by atoms with E-state index in [0.29, 0.717) is 30.6 Å². The van der Waals surface area contributed by atoms with Gasteiger partial charge in [-0.2, -0.15) is 0 Å². The second-order valence-corrected chi connectivity index (χ2v) is 6.39. The standard InChI is InChI=1S/C22H32N4O3.HI/c1-5-26(6-2)13-14-29-20-12-11-17(15-21(20)28-4)16-24-22(23)25-18-9-7-8-10-19(18)27-3;/h7-12,15H,5-6,13-14,16H2,1-4H3,(H3,23,24,25);1H. The van der Waals surface area contributed by atoms with E-state index in [4.69, 9.17) is 19.9 Å². The van der Waals surface area contributed by atoms with Gasteiger partial charge in [-0.1, -0.05) is 32.0 Å². The van der Waals surface area contributed by atoms with Gasteiger partial charge in [-0.25, -0.2) is 4.99 Å². The van der Waals surface area contributed by atoms with Crippen LogP contribution in [-0.4, -0.2) is 51.3 Å². The van der Waals surface area contributed by atoms with Gasteiger partial charge in [0.05, 0.1) is 26.5 Å². The zero-order chi connectivity index (χ0) is 21.1. The second-order valence-electron chi connectivity index (χ2n) is 6.39. The lowest BCUT2D eigenvalue weighted by Gasteiger charge is -2.19. The summed E-state index contributed by atoms with van der Waals surface area (Å²) in [5.41, 5.74) is 7.76. The number of aliphatic imine (C=N–C) groups is 1. The van der Waals surface area contributed by atoms with Crippen LogP contribution >= 0.6 is 24.0 Å². The van der Waals surface area contributed by atoms with Crippen molar-refractivity contribution in [2.45, 2.75) is 20.4 Å². The molecule has 0 aliphatic rings. The van der Waals surface area contributed by atoms with Crippen molar-refractivity contribution in [3.8, 4) is 17.2 Å². The number of hydrogen-bond donors (Lipinski definition) is 2. The number of benzene rings is 2. The molecule has 0 amide bonds. The minimum Gasteiger partial charge on any atom is -0.495 e. The molecule has 8 heteroatoms. The van der Waals surface area contributed by atoms with Crippen molar-refractivity contribution in [3.63, 3.8) is 0 Å². The van der Waals surface area contributed by atoms with E-state index >= 15 is 0 Å². The molecule has 0 aliphatic carbocycles. The summed E-state index contributed by atoms with van der Waals surface area (Å²) in [6.45, 7) is 8.24. The minimum atomic E-state index is 0. The highest BCUT2D eigenvalue weighted by Gasteiger charge is 2.08. The van der Waals surface area contributed by atoms with E-state index in [-0.39, 0.29) is 24.0 Å². The number of nitrogens with one attached hydrogen (secondary N) is 1. The molecule has 2 rings (SSSR count). The quantitative estimate of drug-likeness (QED) is 0.261. The molecule has 0 fully saturated rings. The minimum absolute atomic E-state index is 0. The van der Waals surface area contributed by atoms with E-state index in [2.05, 4.69) is 29.1 Å². The molecular formula is C22H33IN4O3. The number of ether oxygens (including phenoxy) is 3.